The summed E-state index contributed by atoms with van der Waals surface area (Å²) in [6.07, 6.45) is 6.01. The fourth-order valence-electron chi connectivity index (χ4n) is 3.68. The lowest BCUT2D eigenvalue weighted by atomic mass is 10.0. The Hall–Kier alpha value is -1.50. The van der Waals surface area contributed by atoms with Crippen LogP contribution >= 0.6 is 0 Å². The van der Waals surface area contributed by atoms with E-state index in [1.165, 1.54) is 12.8 Å². The van der Waals surface area contributed by atoms with Gasteiger partial charge in [-0.2, -0.15) is 0 Å². The summed E-state index contributed by atoms with van der Waals surface area (Å²) in [5.74, 6) is 0.899. The average molecular weight is 331 g/mol. The molecule has 24 heavy (non-hydrogen) atoms. The van der Waals surface area contributed by atoms with Gasteiger partial charge in [-0.1, -0.05) is 0 Å². The molecule has 1 aromatic heterocycles. The SMILES string of the molecule is O=C(c1ccncc1)N1CCO[C@]2(COCCN(CC3CC3)C2)C1. The van der Waals surface area contributed by atoms with Crippen LogP contribution in [0.1, 0.15) is 23.2 Å². The van der Waals surface area contributed by atoms with Crippen molar-refractivity contribution < 1.29 is 14.3 Å². The standard InChI is InChI=1S/C18H25N3O3/c22-17(16-3-5-19-6-4-16)21-8-10-24-18(13-21)12-20(7-9-23-14-18)11-15-1-2-15/h3-6,15H,1-2,7-14H2/t18-/m0/s1. The van der Waals surface area contributed by atoms with Crippen molar-refractivity contribution in [3.05, 3.63) is 30.1 Å². The van der Waals surface area contributed by atoms with Crippen molar-refractivity contribution in [2.75, 3.05) is 52.5 Å². The van der Waals surface area contributed by atoms with Gasteiger partial charge >= 0.3 is 0 Å². The van der Waals surface area contributed by atoms with Crippen molar-refractivity contribution in [1.29, 1.82) is 0 Å². The lowest BCUT2D eigenvalue weighted by Gasteiger charge is -2.43. The van der Waals surface area contributed by atoms with Crippen molar-refractivity contribution >= 4 is 5.91 Å². The molecule has 0 N–H and O–H groups in total. The quantitative estimate of drug-likeness (QED) is 0.828. The van der Waals surface area contributed by atoms with Gasteiger partial charge in [-0.3, -0.25) is 14.7 Å². The highest BCUT2D eigenvalue weighted by molar-refractivity contribution is 5.94. The van der Waals surface area contributed by atoms with Crippen molar-refractivity contribution in [1.82, 2.24) is 14.8 Å². The fourth-order valence-corrected chi connectivity index (χ4v) is 3.68. The first-order valence-corrected chi connectivity index (χ1v) is 8.87. The molecule has 0 bridgehead atoms. The highest BCUT2D eigenvalue weighted by Gasteiger charge is 2.42. The second-order valence-electron chi connectivity index (χ2n) is 7.23. The predicted octanol–water partition coefficient (Wildman–Crippen LogP) is 1.03. The molecule has 6 nitrogen and oxygen atoms in total. The van der Waals surface area contributed by atoms with E-state index < -0.39 is 5.60 Å². The first-order chi connectivity index (χ1) is 11.7. The zero-order chi connectivity index (χ0) is 16.4. The first-order valence-electron chi connectivity index (χ1n) is 8.87. The van der Waals surface area contributed by atoms with E-state index in [9.17, 15) is 4.79 Å². The highest BCUT2D eigenvalue weighted by Crippen LogP contribution is 2.31. The Balaban J connectivity index is 1.46. The minimum atomic E-state index is -0.396. The molecule has 0 unspecified atom stereocenters. The number of carbonyl (C=O) groups is 1. The summed E-state index contributed by atoms with van der Waals surface area (Å²) in [5, 5.41) is 0. The van der Waals surface area contributed by atoms with Crippen molar-refractivity contribution in [3.63, 3.8) is 0 Å². The molecule has 4 rings (SSSR count). The van der Waals surface area contributed by atoms with Crippen LogP contribution in [0, 0.1) is 5.92 Å². The maximum atomic E-state index is 12.8. The van der Waals surface area contributed by atoms with Crippen LogP contribution < -0.4 is 0 Å². The molecule has 130 valence electrons. The lowest BCUT2D eigenvalue weighted by molar-refractivity contribution is -0.133. The summed E-state index contributed by atoms with van der Waals surface area (Å²) in [7, 11) is 0. The van der Waals surface area contributed by atoms with Gasteiger partial charge in [0.15, 0.2) is 0 Å². The summed E-state index contributed by atoms with van der Waals surface area (Å²) in [4.78, 5) is 21.1. The monoisotopic (exact) mass is 331 g/mol. The number of amides is 1. The largest absolute Gasteiger partial charge is 0.377 e. The second kappa shape index (κ2) is 6.78. The maximum absolute atomic E-state index is 12.8. The molecule has 3 heterocycles. The van der Waals surface area contributed by atoms with Crippen LogP contribution in [0.25, 0.3) is 0 Å². The molecule has 1 atom stereocenters. The number of rotatable bonds is 3. The molecule has 6 heteroatoms. The van der Waals surface area contributed by atoms with Crippen LogP contribution in [0.4, 0.5) is 0 Å². The normalized spacial score (nSPS) is 28.8. The van der Waals surface area contributed by atoms with E-state index >= 15 is 0 Å². The summed E-state index contributed by atoms with van der Waals surface area (Å²) in [5.41, 5.74) is 0.290. The molecular formula is C18H25N3O3. The van der Waals surface area contributed by atoms with Crippen LogP contribution in [-0.2, 0) is 9.47 Å². The number of hydrogen-bond acceptors (Lipinski definition) is 5. The molecule has 3 aliphatic rings. The summed E-state index contributed by atoms with van der Waals surface area (Å²) >= 11 is 0. The number of pyridine rings is 1. The van der Waals surface area contributed by atoms with Crippen molar-refractivity contribution in [3.8, 4) is 0 Å². The van der Waals surface area contributed by atoms with Gasteiger partial charge in [-0.15, -0.1) is 0 Å². The van der Waals surface area contributed by atoms with E-state index in [0.717, 1.165) is 32.2 Å². The number of nitrogens with zero attached hydrogens (tertiary/aromatic N) is 3. The van der Waals surface area contributed by atoms with E-state index in [1.54, 1.807) is 24.5 Å². The van der Waals surface area contributed by atoms with E-state index in [0.29, 0.717) is 31.9 Å². The molecule has 0 radical (unpaired) electrons. The van der Waals surface area contributed by atoms with E-state index in [2.05, 4.69) is 9.88 Å². The van der Waals surface area contributed by atoms with Gasteiger partial charge in [-0.25, -0.2) is 0 Å². The average Bonchev–Trinajstić information content (AvgIpc) is 3.44. The second-order valence-corrected chi connectivity index (χ2v) is 7.23. The molecule has 1 spiro atoms. The number of morpholine rings is 1. The first kappa shape index (κ1) is 16.0. The molecule has 3 fully saturated rings. The van der Waals surface area contributed by atoms with E-state index in [1.807, 2.05) is 4.90 Å². The summed E-state index contributed by atoms with van der Waals surface area (Å²) in [6, 6.07) is 3.54. The molecule has 1 amide bonds. The van der Waals surface area contributed by atoms with Crippen LogP contribution in [-0.4, -0.2) is 78.8 Å². The third-order valence-electron chi connectivity index (χ3n) is 5.11. The molecule has 1 aliphatic carbocycles. The highest BCUT2D eigenvalue weighted by atomic mass is 16.5. The Bertz CT molecular complexity index is 578. The summed E-state index contributed by atoms with van der Waals surface area (Å²) in [6.45, 7) is 6.04. The van der Waals surface area contributed by atoms with Crippen LogP contribution in [0.2, 0.25) is 0 Å². The predicted molar refractivity (Wildman–Crippen MR) is 88.8 cm³/mol. The smallest absolute Gasteiger partial charge is 0.254 e. The fraction of sp³-hybridized carbons (Fsp3) is 0.667. The zero-order valence-electron chi connectivity index (χ0n) is 14.0. The van der Waals surface area contributed by atoms with E-state index in [4.69, 9.17) is 9.47 Å². The Morgan fingerprint density at radius 1 is 1.21 bits per heavy atom. The van der Waals surface area contributed by atoms with E-state index in [-0.39, 0.29) is 5.91 Å². The molecule has 1 aromatic rings. The number of aromatic nitrogens is 1. The Morgan fingerprint density at radius 2 is 2.04 bits per heavy atom. The van der Waals surface area contributed by atoms with Gasteiger partial charge < -0.3 is 14.4 Å². The maximum Gasteiger partial charge on any atom is 0.254 e. The molecule has 2 aliphatic heterocycles. The molecule has 2 saturated heterocycles. The van der Waals surface area contributed by atoms with Gasteiger partial charge in [0.05, 0.1) is 26.4 Å². The van der Waals surface area contributed by atoms with Gasteiger partial charge in [0.2, 0.25) is 0 Å². The minimum absolute atomic E-state index is 0.0538. The zero-order valence-corrected chi connectivity index (χ0v) is 14.0. The molecule has 0 aromatic carbocycles. The van der Waals surface area contributed by atoms with Gasteiger partial charge in [0.25, 0.3) is 5.91 Å². The molecular weight excluding hydrogens is 306 g/mol. The third kappa shape index (κ3) is 3.61. The van der Waals surface area contributed by atoms with Crippen LogP contribution in [0.3, 0.4) is 0 Å². The van der Waals surface area contributed by atoms with Crippen molar-refractivity contribution in [2.45, 2.75) is 18.4 Å². The Kier molecular flexibility index (Phi) is 4.52. The lowest BCUT2D eigenvalue weighted by Crippen LogP contribution is -2.60. The summed E-state index contributed by atoms with van der Waals surface area (Å²) < 4.78 is 12.0. The van der Waals surface area contributed by atoms with Crippen LogP contribution in [0.5, 0.6) is 0 Å². The van der Waals surface area contributed by atoms with Gasteiger partial charge in [0.1, 0.15) is 5.60 Å². The minimum Gasteiger partial charge on any atom is -0.377 e. The van der Waals surface area contributed by atoms with Crippen LogP contribution in [0.15, 0.2) is 24.5 Å². The van der Waals surface area contributed by atoms with Gasteiger partial charge in [-0.05, 0) is 30.9 Å². The van der Waals surface area contributed by atoms with Gasteiger partial charge in [0, 0.05) is 44.1 Å². The Morgan fingerprint density at radius 3 is 2.83 bits per heavy atom. The number of carbonyl (C=O) groups excluding carboxylic acids is 1. The Labute approximate surface area is 142 Å². The van der Waals surface area contributed by atoms with Crippen molar-refractivity contribution in [2.24, 2.45) is 5.92 Å². The molecule has 1 saturated carbocycles. The number of hydrogen-bond donors (Lipinski definition) is 0. The third-order valence-corrected chi connectivity index (χ3v) is 5.11. The topological polar surface area (TPSA) is 54.9 Å². The number of ether oxygens (including phenoxy) is 2.